The van der Waals surface area contributed by atoms with Crippen LogP contribution in [0.5, 0.6) is 0 Å². The van der Waals surface area contributed by atoms with E-state index in [0.717, 1.165) is 0 Å². The number of carboxylic acids is 1. The first kappa shape index (κ1) is 41.7. The molecule has 9 N–H and O–H groups in total. The molecule has 0 aromatic rings. The molecule has 2 atom stereocenters. The summed E-state index contributed by atoms with van der Waals surface area (Å²) < 4.78 is 0. The van der Waals surface area contributed by atoms with E-state index in [0.29, 0.717) is 31.0 Å². The van der Waals surface area contributed by atoms with Gasteiger partial charge in [-0.1, -0.05) is 0 Å². The van der Waals surface area contributed by atoms with Crippen LogP contribution in [0.15, 0.2) is 4.99 Å². The van der Waals surface area contributed by atoms with E-state index in [9.17, 15) is 29.1 Å². The zero-order valence-corrected chi connectivity index (χ0v) is 26.4. The number of guanidine groups is 1. The van der Waals surface area contributed by atoms with Crippen molar-refractivity contribution in [2.24, 2.45) is 16.5 Å². The molecule has 15 nitrogen and oxygen atoms in total. The number of nitrogens with one attached hydrogen (secondary N) is 4. The first-order valence-electron chi connectivity index (χ1n) is 11.4. The minimum atomic E-state index is -1.55. The molecule has 0 aliphatic heterocycles. The molecule has 0 aliphatic carbocycles. The van der Waals surface area contributed by atoms with Crippen LogP contribution in [0.2, 0.25) is 0 Å². The summed E-state index contributed by atoms with van der Waals surface area (Å²) in [6.07, 6.45) is -0.256. The Bertz CT molecular complexity index is 788. The average Bonchev–Trinajstić information content (AvgIpc) is 2.82. The molecule has 0 aromatic heterocycles. The van der Waals surface area contributed by atoms with Crippen LogP contribution < -0.4 is 37.8 Å². The van der Waals surface area contributed by atoms with Gasteiger partial charge in [-0.3, -0.25) is 29.1 Å². The summed E-state index contributed by atoms with van der Waals surface area (Å²) in [4.78, 5) is 66.2. The minimum Gasteiger partial charge on any atom is -0.870 e. The Morgan fingerprint density at radius 1 is 0.872 bits per heavy atom. The molecule has 0 aliphatic rings. The molecular formula is C20H35N8O7ReS3-5. The number of nitrogens with two attached hydrogens (primary N) is 2. The van der Waals surface area contributed by atoms with Crippen molar-refractivity contribution in [3.63, 3.8) is 0 Å². The number of carbonyl (C=O) groups is 5. The number of hydrogen-bond donors (Lipinski definition) is 6. The molecule has 4 amide bonds. The zero-order chi connectivity index (χ0) is 28.2. The number of hydrogen-bond acceptors (Lipinski definition) is 12. The largest absolute Gasteiger partial charge is 0.870 e. The van der Waals surface area contributed by atoms with Gasteiger partial charge in [0.15, 0.2) is 5.96 Å². The standard InChI is InChI=1S/C20H38N8O6S3.H2O.Re/c21-20(22)24-3-1-2-13(26-16(30)12-28(5-8-36)6-9-37)18(33)25-11-15(29)27-14(10-17(31)32)19(34)23-4-7-35;;/h13-14,35-37H,1-12H2,(H,23,34)(H,25,33)(H,26,30)(H,27,29)(H,31,32)(H4,21,22,24);1H2;/p-5/t13-,14-;;/m0../s1. The maximum atomic E-state index is 12.8. The average molecular weight is 782 g/mol. The number of aliphatic carboxylic acids is 1. The van der Waals surface area contributed by atoms with Crippen molar-refractivity contribution < 1.29 is 55.0 Å². The van der Waals surface area contributed by atoms with Crippen molar-refractivity contribution in [3.8, 4) is 0 Å². The van der Waals surface area contributed by atoms with Crippen molar-refractivity contribution in [2.75, 3.05) is 56.5 Å². The van der Waals surface area contributed by atoms with Gasteiger partial charge in [0.2, 0.25) is 23.6 Å². The van der Waals surface area contributed by atoms with E-state index >= 15 is 0 Å². The molecule has 0 spiro atoms. The molecule has 227 valence electrons. The van der Waals surface area contributed by atoms with E-state index in [1.807, 2.05) is 0 Å². The summed E-state index contributed by atoms with van der Waals surface area (Å²) in [5, 5.41) is 20.6. The van der Waals surface area contributed by atoms with Gasteiger partial charge in [-0.2, -0.15) is 17.3 Å². The second-order valence-corrected chi connectivity index (χ2v) is 8.89. The van der Waals surface area contributed by atoms with Crippen LogP contribution in [0.25, 0.3) is 0 Å². The number of carboxylic acid groups (broad SMARTS) is 1. The summed E-state index contributed by atoms with van der Waals surface area (Å²) in [7, 11) is 0. The maximum Gasteiger partial charge on any atom is 0.243 e. The normalized spacial score (nSPS) is 11.6. The Labute approximate surface area is 258 Å². The number of rotatable bonds is 20. The Balaban J connectivity index is -0.00000648. The first-order chi connectivity index (χ1) is 17.5. The topological polar surface area (TPSA) is 254 Å². The van der Waals surface area contributed by atoms with E-state index in [1.54, 1.807) is 4.90 Å². The molecule has 39 heavy (non-hydrogen) atoms. The molecule has 0 unspecified atom stereocenters. The maximum absolute atomic E-state index is 12.8. The quantitative estimate of drug-likeness (QED) is 0.0292. The Morgan fingerprint density at radius 3 is 1.95 bits per heavy atom. The molecule has 0 rings (SSSR count). The molecular weight excluding hydrogens is 747 g/mol. The van der Waals surface area contributed by atoms with E-state index in [-0.39, 0.29) is 63.7 Å². The summed E-state index contributed by atoms with van der Waals surface area (Å²) in [5.41, 5.74) is 10.6. The van der Waals surface area contributed by atoms with E-state index in [1.165, 1.54) is 0 Å². The third kappa shape index (κ3) is 21.7. The van der Waals surface area contributed by atoms with Gasteiger partial charge in [0.05, 0.1) is 13.1 Å². The van der Waals surface area contributed by atoms with Crippen LogP contribution in [0.1, 0.15) is 19.3 Å². The van der Waals surface area contributed by atoms with Crippen molar-refractivity contribution in [1.29, 1.82) is 0 Å². The third-order valence-electron chi connectivity index (χ3n) is 4.63. The minimum absolute atomic E-state index is 0. The number of nitrogens with zero attached hydrogens (tertiary/aromatic N) is 2. The van der Waals surface area contributed by atoms with E-state index < -0.39 is 54.6 Å². The summed E-state index contributed by atoms with van der Waals surface area (Å²) >= 11 is 14.6. The van der Waals surface area contributed by atoms with Gasteiger partial charge in [-0.25, -0.2) is 0 Å². The van der Waals surface area contributed by atoms with Crippen LogP contribution in [0.3, 0.4) is 0 Å². The fourth-order valence-electron chi connectivity index (χ4n) is 2.95. The van der Waals surface area contributed by atoms with Gasteiger partial charge in [0, 0.05) is 39.4 Å². The van der Waals surface area contributed by atoms with Crippen molar-refractivity contribution in [2.45, 2.75) is 31.3 Å². The zero-order valence-electron chi connectivity index (χ0n) is 21.2. The van der Waals surface area contributed by atoms with Gasteiger partial charge >= 0.3 is 0 Å². The van der Waals surface area contributed by atoms with Gasteiger partial charge in [-0.15, -0.1) is 0 Å². The molecule has 1 radical (unpaired) electrons. The fraction of sp³-hybridized carbons (Fsp3) is 0.700. The summed E-state index contributed by atoms with van der Waals surface area (Å²) in [6.45, 7) is 0.694. The molecule has 0 saturated carbocycles. The number of aliphatic imine (C=N–C) groups is 1. The van der Waals surface area contributed by atoms with Gasteiger partial charge in [0.1, 0.15) is 12.1 Å². The molecule has 0 heterocycles. The molecule has 0 fully saturated rings. The van der Waals surface area contributed by atoms with E-state index in [4.69, 9.17) is 49.4 Å². The predicted molar refractivity (Wildman–Crippen MR) is 144 cm³/mol. The number of amides is 4. The predicted octanol–water partition coefficient (Wildman–Crippen LogP) is -5.85. The van der Waals surface area contributed by atoms with Crippen LogP contribution in [-0.4, -0.2) is 115 Å². The smallest absolute Gasteiger partial charge is 0.243 e. The molecule has 0 aromatic carbocycles. The second-order valence-electron chi connectivity index (χ2n) is 7.66. The molecule has 0 saturated heterocycles. The van der Waals surface area contributed by atoms with Crippen molar-refractivity contribution >= 4 is 73.4 Å². The number of carbonyl (C=O) groups excluding carboxylic acids is 5. The summed E-state index contributed by atoms with van der Waals surface area (Å²) in [6, 6.07) is -2.43. The van der Waals surface area contributed by atoms with Gasteiger partial charge < -0.3 is 86.0 Å². The van der Waals surface area contributed by atoms with Crippen molar-refractivity contribution in [3.05, 3.63) is 0 Å². The second kappa shape index (κ2) is 25.2. The third-order valence-corrected chi connectivity index (χ3v) is 5.20. The SMILES string of the molecule is NC(N)=NCCC[C@H](NC(=O)CN(CC[S-])CC[S-])C(=O)NCC(=O)N[C@@H](CC(=O)[O-])C(=O)NCC[S-].[OH-].[Re]. The Morgan fingerprint density at radius 2 is 1.44 bits per heavy atom. The molecule has 19 heteroatoms. The van der Waals surface area contributed by atoms with Crippen LogP contribution in [-0.2, 0) is 82.3 Å². The Hall–Kier alpha value is -1.75. The van der Waals surface area contributed by atoms with Gasteiger partial charge in [-0.05, 0) is 32.5 Å². The fourth-order valence-corrected chi connectivity index (χ4v) is 3.57. The van der Waals surface area contributed by atoms with Crippen molar-refractivity contribution in [1.82, 2.24) is 26.2 Å². The van der Waals surface area contributed by atoms with E-state index in [2.05, 4.69) is 26.3 Å². The van der Waals surface area contributed by atoms with Crippen LogP contribution in [0, 0.1) is 0 Å². The van der Waals surface area contributed by atoms with Gasteiger partial charge in [0.25, 0.3) is 0 Å². The first-order valence-corrected chi connectivity index (χ1v) is 13.1. The Kier molecular flexibility index (Phi) is 27.0. The summed E-state index contributed by atoms with van der Waals surface area (Å²) in [5.74, 6) is -3.33. The molecule has 0 bridgehead atoms. The van der Waals surface area contributed by atoms with Crippen LogP contribution >= 0.6 is 0 Å². The van der Waals surface area contributed by atoms with Crippen LogP contribution in [0.4, 0.5) is 0 Å². The monoisotopic (exact) mass is 782 g/mol.